The lowest BCUT2D eigenvalue weighted by Crippen LogP contribution is -2.25. The fourth-order valence-electron chi connectivity index (χ4n) is 6.46. The van der Waals surface area contributed by atoms with Gasteiger partial charge in [-0.2, -0.15) is 0 Å². The van der Waals surface area contributed by atoms with E-state index in [-0.39, 0.29) is 0 Å². The van der Waals surface area contributed by atoms with Crippen molar-refractivity contribution >= 4 is 5.78 Å². The number of rotatable bonds is 8. The topological polar surface area (TPSA) is 17.1 Å². The summed E-state index contributed by atoms with van der Waals surface area (Å²) in [5.41, 5.74) is 0. The van der Waals surface area contributed by atoms with Crippen molar-refractivity contribution in [3.8, 4) is 0 Å². The zero-order valence-corrected chi connectivity index (χ0v) is 17.5. The third kappa shape index (κ3) is 6.38. The van der Waals surface area contributed by atoms with Crippen LogP contribution in [-0.2, 0) is 4.79 Å². The van der Waals surface area contributed by atoms with Gasteiger partial charge in [-0.15, -0.1) is 0 Å². The Kier molecular flexibility index (Phi) is 8.53. The van der Waals surface area contributed by atoms with Gasteiger partial charge >= 0.3 is 0 Å². The van der Waals surface area contributed by atoms with Gasteiger partial charge in [0, 0.05) is 12.8 Å². The van der Waals surface area contributed by atoms with Crippen LogP contribution in [0, 0.1) is 29.6 Å². The summed E-state index contributed by atoms with van der Waals surface area (Å²) in [6.07, 6.45) is 25.0. The molecule has 3 aliphatic rings. The molecule has 0 aromatic carbocycles. The lowest BCUT2D eigenvalue weighted by Gasteiger charge is -2.38. The van der Waals surface area contributed by atoms with Crippen LogP contribution in [0.2, 0.25) is 0 Å². The molecule has 0 atom stereocenters. The summed E-state index contributed by atoms with van der Waals surface area (Å²) < 4.78 is 0. The standard InChI is InChI=1S/C25H44O/c1-2-5-20-8-14-23(15-9-20)24-16-10-21(11-17-24)6-3-4-7-22-12-18-25(26)19-13-22/h20-24H,2-19H2,1H3. The van der Waals surface area contributed by atoms with E-state index in [0.717, 1.165) is 42.4 Å². The highest BCUT2D eigenvalue weighted by Crippen LogP contribution is 2.43. The fourth-order valence-corrected chi connectivity index (χ4v) is 6.46. The van der Waals surface area contributed by atoms with E-state index in [1.165, 1.54) is 77.0 Å². The van der Waals surface area contributed by atoms with Crippen molar-refractivity contribution in [2.75, 3.05) is 0 Å². The average Bonchev–Trinajstić information content (AvgIpc) is 2.68. The van der Waals surface area contributed by atoms with Crippen LogP contribution in [0.15, 0.2) is 0 Å². The largest absolute Gasteiger partial charge is 0.300 e. The third-order valence-electron chi connectivity index (χ3n) is 8.28. The van der Waals surface area contributed by atoms with E-state index in [2.05, 4.69) is 6.92 Å². The van der Waals surface area contributed by atoms with E-state index in [0.29, 0.717) is 5.78 Å². The van der Waals surface area contributed by atoms with Gasteiger partial charge in [0.2, 0.25) is 0 Å². The van der Waals surface area contributed by atoms with Crippen LogP contribution in [0.25, 0.3) is 0 Å². The van der Waals surface area contributed by atoms with Gasteiger partial charge in [-0.1, -0.05) is 71.1 Å². The molecule has 1 heteroatoms. The highest BCUT2D eigenvalue weighted by atomic mass is 16.1. The van der Waals surface area contributed by atoms with Crippen LogP contribution in [0.4, 0.5) is 0 Å². The average molecular weight is 361 g/mol. The van der Waals surface area contributed by atoms with Crippen LogP contribution in [0.3, 0.4) is 0 Å². The molecule has 1 nitrogen and oxygen atoms in total. The SMILES string of the molecule is CCCC1CCC(C2CCC(CCCCC3CCC(=O)CC3)CC2)CC1. The molecule has 3 rings (SSSR count). The van der Waals surface area contributed by atoms with Gasteiger partial charge in [0.1, 0.15) is 5.78 Å². The molecular formula is C25H44O. The molecule has 0 aromatic rings. The molecule has 26 heavy (non-hydrogen) atoms. The van der Waals surface area contributed by atoms with E-state index >= 15 is 0 Å². The second-order valence-electron chi connectivity index (χ2n) is 10.1. The molecule has 0 radical (unpaired) electrons. The van der Waals surface area contributed by atoms with Crippen molar-refractivity contribution in [1.82, 2.24) is 0 Å². The Labute approximate surface area is 163 Å². The van der Waals surface area contributed by atoms with Gasteiger partial charge in [0.15, 0.2) is 0 Å². The molecule has 0 aromatic heterocycles. The first-order valence-electron chi connectivity index (χ1n) is 12.3. The second-order valence-corrected chi connectivity index (χ2v) is 10.1. The fraction of sp³-hybridized carbons (Fsp3) is 0.960. The van der Waals surface area contributed by atoms with Crippen molar-refractivity contribution in [2.45, 2.75) is 122 Å². The minimum Gasteiger partial charge on any atom is -0.300 e. The Bertz CT molecular complexity index is 388. The summed E-state index contributed by atoms with van der Waals surface area (Å²) >= 11 is 0. The smallest absolute Gasteiger partial charge is 0.132 e. The predicted molar refractivity (Wildman–Crippen MR) is 111 cm³/mol. The molecule has 3 saturated carbocycles. The van der Waals surface area contributed by atoms with Crippen molar-refractivity contribution in [2.24, 2.45) is 29.6 Å². The predicted octanol–water partition coefficient (Wildman–Crippen LogP) is 7.72. The van der Waals surface area contributed by atoms with Crippen molar-refractivity contribution < 1.29 is 4.79 Å². The summed E-state index contributed by atoms with van der Waals surface area (Å²) in [6, 6.07) is 0. The lowest BCUT2D eigenvalue weighted by molar-refractivity contribution is -0.121. The molecule has 0 unspecified atom stereocenters. The summed E-state index contributed by atoms with van der Waals surface area (Å²) in [5.74, 6) is 5.64. The molecule has 150 valence electrons. The Hall–Kier alpha value is -0.330. The summed E-state index contributed by atoms with van der Waals surface area (Å²) in [4.78, 5) is 11.3. The number of hydrogen-bond donors (Lipinski definition) is 0. The maximum atomic E-state index is 11.3. The molecule has 0 aliphatic heterocycles. The molecule has 0 saturated heterocycles. The molecule has 3 fully saturated rings. The summed E-state index contributed by atoms with van der Waals surface area (Å²) in [5, 5.41) is 0. The summed E-state index contributed by atoms with van der Waals surface area (Å²) in [7, 11) is 0. The first-order chi connectivity index (χ1) is 12.7. The third-order valence-corrected chi connectivity index (χ3v) is 8.28. The zero-order valence-electron chi connectivity index (χ0n) is 17.5. The maximum Gasteiger partial charge on any atom is 0.132 e. The Morgan fingerprint density at radius 2 is 1.04 bits per heavy atom. The maximum absolute atomic E-state index is 11.3. The molecule has 0 spiro atoms. The van der Waals surface area contributed by atoms with Crippen LogP contribution in [0.1, 0.15) is 122 Å². The number of hydrogen-bond acceptors (Lipinski definition) is 1. The minimum absolute atomic E-state index is 0.511. The quantitative estimate of drug-likeness (QED) is 0.405. The molecular weight excluding hydrogens is 316 g/mol. The monoisotopic (exact) mass is 360 g/mol. The lowest BCUT2D eigenvalue weighted by atomic mass is 9.68. The Morgan fingerprint density at radius 1 is 0.615 bits per heavy atom. The second kappa shape index (κ2) is 10.9. The highest BCUT2D eigenvalue weighted by molar-refractivity contribution is 5.78. The van der Waals surface area contributed by atoms with E-state index in [4.69, 9.17) is 0 Å². The number of carbonyl (C=O) groups is 1. The van der Waals surface area contributed by atoms with Gasteiger partial charge < -0.3 is 0 Å². The molecule has 0 amide bonds. The molecule has 0 N–H and O–H groups in total. The van der Waals surface area contributed by atoms with Crippen LogP contribution in [-0.4, -0.2) is 5.78 Å². The van der Waals surface area contributed by atoms with E-state index in [1.807, 2.05) is 0 Å². The first-order valence-corrected chi connectivity index (χ1v) is 12.3. The van der Waals surface area contributed by atoms with E-state index in [9.17, 15) is 4.79 Å². The van der Waals surface area contributed by atoms with Gasteiger partial charge in [-0.25, -0.2) is 0 Å². The normalized spacial score (nSPS) is 34.1. The highest BCUT2D eigenvalue weighted by Gasteiger charge is 2.30. The Morgan fingerprint density at radius 3 is 1.50 bits per heavy atom. The number of carbonyl (C=O) groups excluding carboxylic acids is 1. The minimum atomic E-state index is 0.511. The number of unbranched alkanes of at least 4 members (excludes halogenated alkanes) is 1. The van der Waals surface area contributed by atoms with Crippen LogP contribution < -0.4 is 0 Å². The molecule has 0 bridgehead atoms. The van der Waals surface area contributed by atoms with Gasteiger partial charge in [0.25, 0.3) is 0 Å². The van der Waals surface area contributed by atoms with Crippen molar-refractivity contribution in [3.63, 3.8) is 0 Å². The van der Waals surface area contributed by atoms with Crippen LogP contribution in [0.5, 0.6) is 0 Å². The zero-order chi connectivity index (χ0) is 18.2. The van der Waals surface area contributed by atoms with Crippen molar-refractivity contribution in [1.29, 1.82) is 0 Å². The van der Waals surface area contributed by atoms with Gasteiger partial charge in [-0.05, 0) is 68.1 Å². The van der Waals surface area contributed by atoms with Gasteiger partial charge in [0.05, 0.1) is 0 Å². The van der Waals surface area contributed by atoms with Crippen molar-refractivity contribution in [3.05, 3.63) is 0 Å². The number of ketones is 1. The molecule has 0 heterocycles. The molecule has 3 aliphatic carbocycles. The number of Topliss-reactive ketones (excluding diaryl/α,β-unsaturated/α-hetero) is 1. The van der Waals surface area contributed by atoms with Gasteiger partial charge in [-0.3, -0.25) is 4.79 Å². The first kappa shape index (κ1) is 20.4. The summed E-state index contributed by atoms with van der Waals surface area (Å²) in [6.45, 7) is 2.35. The van der Waals surface area contributed by atoms with E-state index in [1.54, 1.807) is 25.7 Å². The van der Waals surface area contributed by atoms with Crippen LogP contribution >= 0.6 is 0 Å². The Balaban J connectivity index is 1.23. The van der Waals surface area contributed by atoms with E-state index < -0.39 is 0 Å².